The molecule has 1 aromatic rings. The average Bonchev–Trinajstić information content (AvgIpc) is 3.00. The van der Waals surface area contributed by atoms with Crippen LogP contribution in [0.1, 0.15) is 19.3 Å². The van der Waals surface area contributed by atoms with Gasteiger partial charge in [-0.05, 0) is 12.8 Å². The van der Waals surface area contributed by atoms with Crippen LogP contribution in [-0.4, -0.2) is 46.1 Å². The van der Waals surface area contributed by atoms with E-state index in [0.29, 0.717) is 5.69 Å². The Morgan fingerprint density at radius 1 is 1.43 bits per heavy atom. The van der Waals surface area contributed by atoms with Gasteiger partial charge in [-0.3, -0.25) is 19.6 Å². The predicted octanol–water partition coefficient (Wildman–Crippen LogP) is 0.519. The number of hydrogen-bond acceptors (Lipinski definition) is 4. The summed E-state index contributed by atoms with van der Waals surface area (Å²) in [6, 6.07) is -0.645. The zero-order valence-electron chi connectivity index (χ0n) is 12.2. The lowest BCUT2D eigenvalue weighted by atomic mass is 10.2. The van der Waals surface area contributed by atoms with Crippen molar-refractivity contribution in [3.05, 3.63) is 12.4 Å². The van der Waals surface area contributed by atoms with Gasteiger partial charge >= 0.3 is 0 Å². The molecule has 7 nitrogen and oxygen atoms in total. The lowest BCUT2D eigenvalue weighted by Crippen LogP contribution is -2.35. The second-order valence-electron chi connectivity index (χ2n) is 5.75. The first-order valence-corrected chi connectivity index (χ1v) is 7.15. The maximum absolute atomic E-state index is 13.0. The molecule has 2 aliphatic rings. The number of rotatable bonds is 5. The summed E-state index contributed by atoms with van der Waals surface area (Å²) < 4.78 is 27.5. The van der Waals surface area contributed by atoms with Gasteiger partial charge in [-0.15, -0.1) is 12.4 Å². The fourth-order valence-electron chi connectivity index (χ4n) is 2.29. The Balaban J connectivity index is 0.00000192. The minimum Gasteiger partial charge on any atom is -0.352 e. The molecule has 128 valence electrons. The number of amides is 2. The molecule has 2 heterocycles. The van der Waals surface area contributed by atoms with Crippen molar-refractivity contribution < 1.29 is 18.4 Å². The largest absolute Gasteiger partial charge is 0.352 e. The number of halogens is 3. The summed E-state index contributed by atoms with van der Waals surface area (Å²) in [4.78, 5) is 23.5. The quantitative estimate of drug-likeness (QED) is 0.723. The summed E-state index contributed by atoms with van der Waals surface area (Å²) in [5.41, 5.74) is 0.376. The first-order chi connectivity index (χ1) is 10.4. The number of carbonyl (C=O) groups is 2. The molecule has 23 heavy (non-hydrogen) atoms. The Bertz CT molecular complexity index is 591. The van der Waals surface area contributed by atoms with Crippen molar-refractivity contribution in [1.82, 2.24) is 20.4 Å². The molecule has 3 rings (SSSR count). The van der Waals surface area contributed by atoms with Crippen molar-refractivity contribution in [2.45, 2.75) is 43.8 Å². The Morgan fingerprint density at radius 3 is 2.78 bits per heavy atom. The maximum Gasteiger partial charge on any atom is 0.262 e. The zero-order valence-corrected chi connectivity index (χ0v) is 13.0. The second kappa shape index (κ2) is 6.79. The topological polar surface area (TPSA) is 88.1 Å². The van der Waals surface area contributed by atoms with E-state index in [0.717, 1.165) is 12.8 Å². The van der Waals surface area contributed by atoms with E-state index in [1.165, 1.54) is 17.1 Å². The van der Waals surface area contributed by atoms with Crippen molar-refractivity contribution in [2.24, 2.45) is 0 Å². The molecule has 0 spiro atoms. The standard InChI is InChI=1S/C13H17F2N5O2.ClH/c14-13(15)3-10(16-7-13)12(22)19-9-4-17-20(5-9)6-11(21)18-8-1-2-8;/h4-5,8,10,16H,1-3,6-7H2,(H,18,21)(H,19,22);1H. The summed E-state index contributed by atoms with van der Waals surface area (Å²) in [6.45, 7) is -0.433. The Kier molecular flexibility index (Phi) is 5.20. The number of aromatic nitrogens is 2. The lowest BCUT2D eigenvalue weighted by molar-refractivity contribution is -0.122. The number of anilines is 1. The number of nitrogens with zero attached hydrogens (tertiary/aromatic N) is 2. The molecule has 2 fully saturated rings. The van der Waals surface area contributed by atoms with Gasteiger partial charge in [0.15, 0.2) is 0 Å². The van der Waals surface area contributed by atoms with Crippen LogP contribution in [0.5, 0.6) is 0 Å². The van der Waals surface area contributed by atoms with Crippen LogP contribution in [0.4, 0.5) is 14.5 Å². The molecule has 0 aromatic carbocycles. The van der Waals surface area contributed by atoms with Gasteiger partial charge in [0.25, 0.3) is 5.92 Å². The van der Waals surface area contributed by atoms with E-state index >= 15 is 0 Å². The summed E-state index contributed by atoms with van der Waals surface area (Å²) in [7, 11) is 0. The first-order valence-electron chi connectivity index (χ1n) is 7.15. The summed E-state index contributed by atoms with van der Waals surface area (Å²) in [5.74, 6) is -3.52. The van der Waals surface area contributed by atoms with Gasteiger partial charge in [0.2, 0.25) is 11.8 Å². The third kappa shape index (κ3) is 4.87. The zero-order chi connectivity index (χ0) is 15.7. The van der Waals surface area contributed by atoms with Crippen molar-refractivity contribution in [1.29, 1.82) is 0 Å². The normalized spacial score (nSPS) is 22.3. The van der Waals surface area contributed by atoms with Crippen LogP contribution < -0.4 is 16.0 Å². The Labute approximate surface area is 137 Å². The number of hydrogen-bond donors (Lipinski definition) is 3. The maximum atomic E-state index is 13.0. The fraction of sp³-hybridized carbons (Fsp3) is 0.615. The Morgan fingerprint density at radius 2 is 2.17 bits per heavy atom. The molecule has 0 radical (unpaired) electrons. The second-order valence-corrected chi connectivity index (χ2v) is 5.75. The van der Waals surface area contributed by atoms with Gasteiger partial charge < -0.3 is 10.6 Å². The van der Waals surface area contributed by atoms with Crippen molar-refractivity contribution in [3.63, 3.8) is 0 Å². The van der Waals surface area contributed by atoms with Crippen LogP contribution >= 0.6 is 12.4 Å². The highest BCUT2D eigenvalue weighted by atomic mass is 35.5. The molecule has 1 aliphatic heterocycles. The van der Waals surface area contributed by atoms with E-state index in [2.05, 4.69) is 21.0 Å². The summed E-state index contributed by atoms with van der Waals surface area (Å²) in [6.07, 6.45) is 4.37. The van der Waals surface area contributed by atoms with E-state index in [1.807, 2.05) is 0 Å². The molecule has 1 aliphatic carbocycles. The van der Waals surface area contributed by atoms with Crippen molar-refractivity contribution in [2.75, 3.05) is 11.9 Å². The van der Waals surface area contributed by atoms with Gasteiger partial charge in [0.1, 0.15) is 6.54 Å². The minimum absolute atomic E-state index is 0. The van der Waals surface area contributed by atoms with Crippen LogP contribution in [0.2, 0.25) is 0 Å². The number of nitrogens with one attached hydrogen (secondary N) is 3. The molecule has 0 bridgehead atoms. The van der Waals surface area contributed by atoms with Crippen LogP contribution in [-0.2, 0) is 16.1 Å². The van der Waals surface area contributed by atoms with Crippen LogP contribution in [0, 0.1) is 0 Å². The minimum atomic E-state index is -2.85. The number of carbonyl (C=O) groups excluding carboxylic acids is 2. The van der Waals surface area contributed by atoms with Gasteiger partial charge in [-0.2, -0.15) is 5.10 Å². The monoisotopic (exact) mass is 349 g/mol. The molecule has 3 N–H and O–H groups in total. The lowest BCUT2D eigenvalue weighted by Gasteiger charge is -2.09. The molecular weight excluding hydrogens is 332 g/mol. The van der Waals surface area contributed by atoms with Crippen LogP contribution in [0.15, 0.2) is 12.4 Å². The highest BCUT2D eigenvalue weighted by Crippen LogP contribution is 2.25. The highest BCUT2D eigenvalue weighted by molar-refractivity contribution is 5.95. The average molecular weight is 350 g/mol. The number of alkyl halides is 2. The van der Waals surface area contributed by atoms with E-state index in [4.69, 9.17) is 0 Å². The van der Waals surface area contributed by atoms with Gasteiger partial charge in [0.05, 0.1) is 24.5 Å². The highest BCUT2D eigenvalue weighted by Gasteiger charge is 2.42. The van der Waals surface area contributed by atoms with E-state index < -0.39 is 30.8 Å². The van der Waals surface area contributed by atoms with Crippen molar-refractivity contribution in [3.8, 4) is 0 Å². The van der Waals surface area contributed by atoms with Gasteiger partial charge in [-0.25, -0.2) is 8.78 Å². The van der Waals surface area contributed by atoms with Gasteiger partial charge in [-0.1, -0.05) is 0 Å². The molecule has 1 saturated heterocycles. The van der Waals surface area contributed by atoms with E-state index in [-0.39, 0.29) is 30.9 Å². The molecule has 2 amide bonds. The molecule has 1 unspecified atom stereocenters. The predicted molar refractivity (Wildman–Crippen MR) is 80.6 cm³/mol. The third-order valence-corrected chi connectivity index (χ3v) is 3.58. The summed E-state index contributed by atoms with van der Waals surface area (Å²) in [5, 5.41) is 11.8. The third-order valence-electron chi connectivity index (χ3n) is 3.58. The van der Waals surface area contributed by atoms with Crippen molar-refractivity contribution >= 4 is 29.9 Å². The summed E-state index contributed by atoms with van der Waals surface area (Å²) >= 11 is 0. The van der Waals surface area contributed by atoms with Gasteiger partial charge in [0, 0.05) is 18.7 Å². The SMILES string of the molecule is Cl.O=C(Cn1cc(NC(=O)C2CC(F)(F)CN2)cn1)NC1CC1. The molecule has 1 aromatic heterocycles. The smallest absolute Gasteiger partial charge is 0.262 e. The first kappa shape index (κ1) is 17.6. The fourth-order valence-corrected chi connectivity index (χ4v) is 2.29. The van der Waals surface area contributed by atoms with Crippen LogP contribution in [0.25, 0.3) is 0 Å². The van der Waals surface area contributed by atoms with Crippen LogP contribution in [0.3, 0.4) is 0 Å². The Hall–Kier alpha value is -1.74. The van der Waals surface area contributed by atoms with E-state index in [1.54, 1.807) is 0 Å². The molecule has 10 heteroatoms. The molecule has 1 atom stereocenters. The molecular formula is C13H18ClF2N5O2. The van der Waals surface area contributed by atoms with E-state index in [9.17, 15) is 18.4 Å². The molecule has 1 saturated carbocycles.